The van der Waals surface area contributed by atoms with E-state index in [1.165, 1.54) is 12.8 Å². The summed E-state index contributed by atoms with van der Waals surface area (Å²) in [4.78, 5) is 18.3. The SMILES string of the molecule is CC(C)C1CCC(NC(=NCC(=O)N(C)C)NC2CCOc3ccccc32)CC1.I. The number of aliphatic imine (C=N–C) groups is 1. The van der Waals surface area contributed by atoms with Crippen LogP contribution in [0.2, 0.25) is 0 Å². The predicted molar refractivity (Wildman–Crippen MR) is 133 cm³/mol. The highest BCUT2D eigenvalue weighted by atomic mass is 127. The van der Waals surface area contributed by atoms with E-state index in [-0.39, 0.29) is 42.5 Å². The molecule has 1 aromatic rings. The topological polar surface area (TPSA) is 66.0 Å². The Morgan fingerprint density at radius 2 is 1.83 bits per heavy atom. The maximum absolute atomic E-state index is 12.1. The van der Waals surface area contributed by atoms with Gasteiger partial charge >= 0.3 is 0 Å². The molecule has 0 radical (unpaired) electrons. The van der Waals surface area contributed by atoms with E-state index in [0.29, 0.717) is 12.6 Å². The summed E-state index contributed by atoms with van der Waals surface area (Å²) in [6.45, 7) is 5.47. The summed E-state index contributed by atoms with van der Waals surface area (Å²) in [6.07, 6.45) is 5.67. The second-order valence-electron chi connectivity index (χ2n) is 8.82. The number of para-hydroxylation sites is 1. The molecule has 1 amide bonds. The summed E-state index contributed by atoms with van der Waals surface area (Å²) in [6, 6.07) is 8.68. The van der Waals surface area contributed by atoms with E-state index < -0.39 is 0 Å². The van der Waals surface area contributed by atoms with Crippen LogP contribution in [0, 0.1) is 11.8 Å². The molecule has 0 bridgehead atoms. The van der Waals surface area contributed by atoms with E-state index >= 15 is 0 Å². The van der Waals surface area contributed by atoms with Crippen molar-refractivity contribution in [1.82, 2.24) is 15.5 Å². The number of carbonyl (C=O) groups excluding carboxylic acids is 1. The molecule has 6 nitrogen and oxygen atoms in total. The Morgan fingerprint density at radius 3 is 2.50 bits per heavy atom. The van der Waals surface area contributed by atoms with E-state index in [9.17, 15) is 4.79 Å². The Kier molecular flexibility index (Phi) is 9.71. The maximum Gasteiger partial charge on any atom is 0.243 e. The normalized spacial score (nSPS) is 23.6. The molecule has 1 unspecified atom stereocenters. The van der Waals surface area contributed by atoms with Crippen LogP contribution in [0.25, 0.3) is 0 Å². The summed E-state index contributed by atoms with van der Waals surface area (Å²) >= 11 is 0. The van der Waals surface area contributed by atoms with Crippen LogP contribution in [0.1, 0.15) is 57.6 Å². The minimum absolute atomic E-state index is 0. The van der Waals surface area contributed by atoms with Gasteiger partial charge in [-0.1, -0.05) is 32.0 Å². The molecule has 1 fully saturated rings. The highest BCUT2D eigenvalue weighted by Crippen LogP contribution is 2.32. The molecular formula is C23H37IN4O2. The van der Waals surface area contributed by atoms with Crippen molar-refractivity contribution in [3.05, 3.63) is 29.8 Å². The van der Waals surface area contributed by atoms with Gasteiger partial charge in [0, 0.05) is 32.1 Å². The first-order chi connectivity index (χ1) is 13.9. The number of hydrogen-bond donors (Lipinski definition) is 2. The lowest BCUT2D eigenvalue weighted by atomic mass is 9.80. The molecule has 0 aromatic heterocycles. The van der Waals surface area contributed by atoms with Gasteiger partial charge in [-0.2, -0.15) is 0 Å². The van der Waals surface area contributed by atoms with Gasteiger partial charge in [0.15, 0.2) is 5.96 Å². The average Bonchev–Trinajstić information content (AvgIpc) is 2.72. The average molecular weight is 528 g/mol. The molecule has 168 valence electrons. The lowest BCUT2D eigenvalue weighted by Crippen LogP contribution is -2.47. The van der Waals surface area contributed by atoms with Gasteiger partial charge in [0.05, 0.1) is 12.6 Å². The van der Waals surface area contributed by atoms with Crippen molar-refractivity contribution in [3.8, 4) is 5.75 Å². The first-order valence-corrected chi connectivity index (χ1v) is 10.9. The van der Waals surface area contributed by atoms with Crippen molar-refractivity contribution in [2.45, 2.75) is 58.0 Å². The number of hydrogen-bond acceptors (Lipinski definition) is 3. The van der Waals surface area contributed by atoms with Gasteiger partial charge in [-0.25, -0.2) is 4.99 Å². The van der Waals surface area contributed by atoms with E-state index in [1.807, 2.05) is 18.2 Å². The molecule has 0 saturated heterocycles. The quantitative estimate of drug-likeness (QED) is 0.345. The van der Waals surface area contributed by atoms with Crippen molar-refractivity contribution < 1.29 is 9.53 Å². The molecule has 7 heteroatoms. The fraction of sp³-hybridized carbons (Fsp3) is 0.652. The zero-order valence-corrected chi connectivity index (χ0v) is 21.0. The summed E-state index contributed by atoms with van der Waals surface area (Å²) in [5, 5.41) is 7.19. The first-order valence-electron chi connectivity index (χ1n) is 10.9. The third-order valence-electron chi connectivity index (χ3n) is 6.20. The van der Waals surface area contributed by atoms with Crippen LogP contribution in [-0.2, 0) is 4.79 Å². The van der Waals surface area contributed by atoms with Crippen LogP contribution < -0.4 is 15.4 Å². The predicted octanol–water partition coefficient (Wildman–Crippen LogP) is 3.97. The Hall–Kier alpha value is -1.51. The van der Waals surface area contributed by atoms with Gasteiger partial charge in [0.2, 0.25) is 5.91 Å². The Bertz CT molecular complexity index is 715. The minimum Gasteiger partial charge on any atom is -0.493 e. The zero-order chi connectivity index (χ0) is 20.8. The number of halogens is 1. The van der Waals surface area contributed by atoms with Crippen molar-refractivity contribution in [2.24, 2.45) is 16.8 Å². The summed E-state index contributed by atoms with van der Waals surface area (Å²) < 4.78 is 5.79. The number of likely N-dealkylation sites (N-methyl/N-ethyl adjacent to an activating group) is 1. The van der Waals surface area contributed by atoms with Gasteiger partial charge in [0.1, 0.15) is 12.3 Å². The summed E-state index contributed by atoms with van der Waals surface area (Å²) in [5.74, 6) is 3.23. The number of amides is 1. The first kappa shape index (κ1) is 24.8. The Morgan fingerprint density at radius 1 is 1.13 bits per heavy atom. The molecule has 1 atom stereocenters. The van der Waals surface area contributed by atoms with Crippen LogP contribution in [0.15, 0.2) is 29.3 Å². The van der Waals surface area contributed by atoms with E-state index in [1.54, 1.807) is 19.0 Å². The number of carbonyl (C=O) groups is 1. The Labute approximate surface area is 198 Å². The Balaban J connectivity index is 0.00000320. The number of rotatable bonds is 5. The highest BCUT2D eigenvalue weighted by Gasteiger charge is 2.26. The van der Waals surface area contributed by atoms with Gasteiger partial charge < -0.3 is 20.3 Å². The second-order valence-corrected chi connectivity index (χ2v) is 8.82. The van der Waals surface area contributed by atoms with Gasteiger partial charge in [-0.15, -0.1) is 24.0 Å². The maximum atomic E-state index is 12.1. The number of guanidine groups is 1. The number of nitrogens with one attached hydrogen (secondary N) is 2. The molecule has 2 N–H and O–H groups in total. The highest BCUT2D eigenvalue weighted by molar-refractivity contribution is 14.0. The number of benzene rings is 1. The molecule has 30 heavy (non-hydrogen) atoms. The lowest BCUT2D eigenvalue weighted by molar-refractivity contribution is -0.127. The molecule has 2 aliphatic rings. The smallest absolute Gasteiger partial charge is 0.243 e. The lowest BCUT2D eigenvalue weighted by Gasteiger charge is -2.33. The molecule has 1 saturated carbocycles. The fourth-order valence-electron chi connectivity index (χ4n) is 4.20. The molecular weight excluding hydrogens is 491 g/mol. The van der Waals surface area contributed by atoms with Crippen LogP contribution in [0.3, 0.4) is 0 Å². The monoisotopic (exact) mass is 528 g/mol. The van der Waals surface area contributed by atoms with Crippen molar-refractivity contribution >= 4 is 35.8 Å². The number of nitrogens with zero attached hydrogens (tertiary/aromatic N) is 2. The van der Waals surface area contributed by atoms with E-state index in [0.717, 1.165) is 48.4 Å². The number of fused-ring (bicyclic) bond motifs is 1. The van der Waals surface area contributed by atoms with Crippen molar-refractivity contribution in [2.75, 3.05) is 27.2 Å². The van der Waals surface area contributed by atoms with Gasteiger partial charge in [-0.3, -0.25) is 4.79 Å². The molecule has 1 heterocycles. The summed E-state index contributed by atoms with van der Waals surface area (Å²) in [7, 11) is 3.53. The van der Waals surface area contributed by atoms with Crippen LogP contribution >= 0.6 is 24.0 Å². The molecule has 1 aliphatic carbocycles. The summed E-state index contributed by atoms with van der Waals surface area (Å²) in [5.41, 5.74) is 1.15. The molecule has 0 spiro atoms. The third-order valence-corrected chi connectivity index (χ3v) is 6.20. The minimum atomic E-state index is 0. The largest absolute Gasteiger partial charge is 0.493 e. The van der Waals surface area contributed by atoms with Crippen molar-refractivity contribution in [3.63, 3.8) is 0 Å². The third kappa shape index (κ3) is 6.75. The van der Waals surface area contributed by atoms with Gasteiger partial charge in [0.25, 0.3) is 0 Å². The van der Waals surface area contributed by atoms with E-state index in [2.05, 4.69) is 35.5 Å². The zero-order valence-electron chi connectivity index (χ0n) is 18.7. The van der Waals surface area contributed by atoms with Crippen LogP contribution in [0.5, 0.6) is 5.75 Å². The van der Waals surface area contributed by atoms with E-state index in [4.69, 9.17) is 4.74 Å². The number of ether oxygens (including phenoxy) is 1. The fourth-order valence-corrected chi connectivity index (χ4v) is 4.20. The molecule has 3 rings (SSSR count). The van der Waals surface area contributed by atoms with Crippen LogP contribution in [0.4, 0.5) is 0 Å². The van der Waals surface area contributed by atoms with Crippen LogP contribution in [-0.4, -0.2) is 50.1 Å². The molecule has 1 aromatic carbocycles. The molecule has 1 aliphatic heterocycles. The standard InChI is InChI=1S/C23H36N4O2.HI/c1-16(2)17-9-11-18(12-10-17)25-23(24-15-22(28)27(3)4)26-20-13-14-29-21-8-6-5-7-19(20)21;/h5-8,16-18,20H,9-15H2,1-4H3,(H2,24,25,26);1H. The second kappa shape index (κ2) is 11.8. The van der Waals surface area contributed by atoms with Gasteiger partial charge in [-0.05, 0) is 43.6 Å². The van der Waals surface area contributed by atoms with Crippen molar-refractivity contribution in [1.29, 1.82) is 0 Å².